The number of imidazole rings is 1. The molecule has 0 bridgehead atoms. The zero-order chi connectivity index (χ0) is 30.8. The summed E-state index contributed by atoms with van der Waals surface area (Å²) in [5.41, 5.74) is -0.215. The first-order chi connectivity index (χ1) is 20.6. The lowest BCUT2D eigenvalue weighted by Crippen LogP contribution is -2.41. The number of carbonyl (C=O) groups excluding carboxylic acids is 2. The number of halogens is 2. The molecule has 226 valence electrons. The molecule has 1 aliphatic rings. The van der Waals surface area contributed by atoms with Crippen molar-refractivity contribution in [3.05, 3.63) is 74.6 Å². The molecule has 2 amide bonds. The highest BCUT2D eigenvalue weighted by Gasteiger charge is 2.31. The van der Waals surface area contributed by atoms with Crippen molar-refractivity contribution in [3.8, 4) is 11.4 Å². The largest absolute Gasteiger partial charge is 0.383 e. The quantitative estimate of drug-likeness (QED) is 0.298. The van der Waals surface area contributed by atoms with Crippen molar-refractivity contribution in [1.29, 1.82) is 0 Å². The smallest absolute Gasteiger partial charge is 0.332 e. The van der Waals surface area contributed by atoms with Crippen LogP contribution in [0.4, 0.5) is 14.6 Å². The molecule has 1 aromatic carbocycles. The van der Waals surface area contributed by atoms with Gasteiger partial charge in [0.15, 0.2) is 17.3 Å². The number of ether oxygens (including phenoxy) is 1. The minimum atomic E-state index is -1.15. The number of likely N-dealkylation sites (tertiary alicyclic amines) is 1. The SMILES string of the molecule is CCCn1c(=O)n(CCOC)c(=O)c2[nH]c(-c3ccc(N(CC4CC(=O)N(C)C4)C(=O)c4ccc(F)c(F)c4)nc3)nc21. The van der Waals surface area contributed by atoms with Crippen molar-refractivity contribution in [3.63, 3.8) is 0 Å². The Kier molecular flexibility index (Phi) is 8.48. The summed E-state index contributed by atoms with van der Waals surface area (Å²) in [6.07, 6.45) is 2.33. The van der Waals surface area contributed by atoms with Crippen LogP contribution in [-0.4, -0.2) is 74.7 Å². The zero-order valence-corrected chi connectivity index (χ0v) is 24.0. The van der Waals surface area contributed by atoms with E-state index in [1.165, 1.54) is 28.8 Å². The highest BCUT2D eigenvalue weighted by Crippen LogP contribution is 2.25. The van der Waals surface area contributed by atoms with Crippen LogP contribution in [0.1, 0.15) is 30.1 Å². The fraction of sp³-hybridized carbons (Fsp3) is 0.379. The van der Waals surface area contributed by atoms with E-state index in [2.05, 4.69) is 15.0 Å². The Hall–Kier alpha value is -4.72. The van der Waals surface area contributed by atoms with Crippen LogP contribution in [0.15, 0.2) is 46.1 Å². The molecule has 43 heavy (non-hydrogen) atoms. The number of amides is 2. The number of hydrogen-bond donors (Lipinski definition) is 1. The number of fused-ring (bicyclic) bond motifs is 1. The van der Waals surface area contributed by atoms with Gasteiger partial charge in [-0.2, -0.15) is 0 Å². The van der Waals surface area contributed by atoms with Crippen LogP contribution in [0.3, 0.4) is 0 Å². The van der Waals surface area contributed by atoms with Crippen molar-refractivity contribution < 1.29 is 23.1 Å². The fourth-order valence-electron chi connectivity index (χ4n) is 5.20. The van der Waals surface area contributed by atoms with Crippen LogP contribution in [0.2, 0.25) is 0 Å². The van der Waals surface area contributed by atoms with Gasteiger partial charge in [0.2, 0.25) is 5.91 Å². The topological polar surface area (TPSA) is 135 Å². The van der Waals surface area contributed by atoms with E-state index in [0.29, 0.717) is 30.9 Å². The number of aromatic nitrogens is 5. The molecule has 1 fully saturated rings. The molecule has 12 nitrogen and oxygen atoms in total. The molecule has 3 aromatic heterocycles. The monoisotopic (exact) mass is 595 g/mol. The van der Waals surface area contributed by atoms with Crippen molar-refractivity contribution in [2.45, 2.75) is 32.9 Å². The number of rotatable bonds is 10. The van der Waals surface area contributed by atoms with Gasteiger partial charge < -0.3 is 14.6 Å². The summed E-state index contributed by atoms with van der Waals surface area (Å²) < 4.78 is 35.2. The van der Waals surface area contributed by atoms with Gasteiger partial charge in [-0.3, -0.25) is 28.4 Å². The Balaban J connectivity index is 1.52. The van der Waals surface area contributed by atoms with Crippen molar-refractivity contribution in [2.24, 2.45) is 5.92 Å². The summed E-state index contributed by atoms with van der Waals surface area (Å²) in [7, 11) is 3.16. The van der Waals surface area contributed by atoms with Crippen LogP contribution in [0, 0.1) is 17.6 Å². The number of pyridine rings is 1. The van der Waals surface area contributed by atoms with Crippen LogP contribution in [0.25, 0.3) is 22.6 Å². The molecular weight excluding hydrogens is 564 g/mol. The number of nitrogens with zero attached hydrogens (tertiary/aromatic N) is 6. The first-order valence-corrected chi connectivity index (χ1v) is 13.8. The first kappa shape index (κ1) is 29.8. The number of hydrogen-bond acceptors (Lipinski definition) is 7. The lowest BCUT2D eigenvalue weighted by Gasteiger charge is -2.25. The number of H-pyrrole nitrogens is 1. The Bertz CT molecular complexity index is 1800. The van der Waals surface area contributed by atoms with E-state index in [1.807, 2.05) is 6.92 Å². The number of carbonyl (C=O) groups is 2. The molecule has 14 heteroatoms. The molecular formula is C29H31F2N7O5. The average molecular weight is 596 g/mol. The molecule has 1 atom stereocenters. The van der Waals surface area contributed by atoms with Gasteiger partial charge in [0, 0.05) is 63.5 Å². The standard InChI is InChI=1S/C29H31F2N7O5/c1-4-9-36-26-24(28(41)37(29(36)42)10-11-43-3)33-25(34-26)19-6-8-22(32-14-19)38(16-17-12-23(39)35(2)15-17)27(40)18-5-7-20(30)21(31)13-18/h5-8,13-14,17H,4,9-12,15-16H2,1-3H3,(H,33,34). The third kappa shape index (κ3) is 5.82. The van der Waals surface area contributed by atoms with Gasteiger partial charge in [0.25, 0.3) is 11.5 Å². The summed E-state index contributed by atoms with van der Waals surface area (Å²) in [5, 5.41) is 0. The molecule has 0 aliphatic carbocycles. The second-order valence-electron chi connectivity index (χ2n) is 10.5. The Labute approximate surface area is 244 Å². The minimum absolute atomic E-state index is 0.0544. The van der Waals surface area contributed by atoms with Crippen LogP contribution in [-0.2, 0) is 22.6 Å². The highest BCUT2D eigenvalue weighted by molar-refractivity contribution is 6.05. The van der Waals surface area contributed by atoms with Crippen molar-refractivity contribution in [1.82, 2.24) is 29.0 Å². The van der Waals surface area contributed by atoms with Gasteiger partial charge in [0.1, 0.15) is 17.2 Å². The predicted molar refractivity (Wildman–Crippen MR) is 154 cm³/mol. The van der Waals surface area contributed by atoms with E-state index in [9.17, 15) is 28.0 Å². The van der Waals surface area contributed by atoms with Crippen LogP contribution in [0.5, 0.6) is 0 Å². The zero-order valence-electron chi connectivity index (χ0n) is 24.0. The van der Waals surface area contributed by atoms with Crippen LogP contribution < -0.4 is 16.1 Å². The molecule has 1 unspecified atom stereocenters. The van der Waals surface area contributed by atoms with E-state index in [-0.39, 0.29) is 60.5 Å². The highest BCUT2D eigenvalue weighted by atomic mass is 19.2. The average Bonchev–Trinajstić information content (AvgIpc) is 3.58. The molecule has 4 heterocycles. The number of aryl methyl sites for hydroxylation is 1. The lowest BCUT2D eigenvalue weighted by molar-refractivity contribution is -0.126. The maximum atomic E-state index is 14.0. The summed E-state index contributed by atoms with van der Waals surface area (Å²) in [6, 6.07) is 6.11. The minimum Gasteiger partial charge on any atom is -0.383 e. The number of aromatic amines is 1. The maximum Gasteiger partial charge on any atom is 0.332 e. The van der Waals surface area contributed by atoms with Crippen molar-refractivity contribution in [2.75, 3.05) is 38.8 Å². The second-order valence-corrected chi connectivity index (χ2v) is 10.5. The second kappa shape index (κ2) is 12.3. The van der Waals surface area contributed by atoms with Crippen molar-refractivity contribution >= 4 is 28.8 Å². The molecule has 4 aromatic rings. The number of benzene rings is 1. The third-order valence-corrected chi connectivity index (χ3v) is 7.40. The molecule has 1 N–H and O–H groups in total. The Morgan fingerprint density at radius 3 is 2.53 bits per heavy atom. The van der Waals surface area contributed by atoms with Crippen LogP contribution >= 0.6 is 0 Å². The summed E-state index contributed by atoms with van der Waals surface area (Å²) in [6.45, 7) is 3.08. The third-order valence-electron chi connectivity index (χ3n) is 7.40. The summed E-state index contributed by atoms with van der Waals surface area (Å²) >= 11 is 0. The number of nitrogens with one attached hydrogen (secondary N) is 1. The van der Waals surface area contributed by atoms with Gasteiger partial charge in [-0.15, -0.1) is 0 Å². The summed E-state index contributed by atoms with van der Waals surface area (Å²) in [4.78, 5) is 66.8. The predicted octanol–water partition coefficient (Wildman–Crippen LogP) is 2.41. The number of anilines is 1. The lowest BCUT2D eigenvalue weighted by atomic mass is 10.1. The molecule has 0 spiro atoms. The van der Waals surface area contributed by atoms with E-state index >= 15 is 0 Å². The van der Waals surface area contributed by atoms with Gasteiger partial charge >= 0.3 is 5.69 Å². The summed E-state index contributed by atoms with van der Waals surface area (Å²) in [5.74, 6) is -2.57. The molecule has 0 saturated carbocycles. The molecule has 1 aliphatic heterocycles. The molecule has 5 rings (SSSR count). The van der Waals surface area contributed by atoms with Gasteiger partial charge in [-0.1, -0.05) is 6.92 Å². The first-order valence-electron chi connectivity index (χ1n) is 13.8. The number of methoxy groups -OCH3 is 1. The van der Waals surface area contributed by atoms with Gasteiger partial charge in [-0.25, -0.2) is 23.5 Å². The molecule has 0 radical (unpaired) electrons. The van der Waals surface area contributed by atoms with E-state index < -0.39 is 28.8 Å². The Morgan fingerprint density at radius 1 is 1.12 bits per heavy atom. The van der Waals surface area contributed by atoms with E-state index in [4.69, 9.17) is 4.74 Å². The fourth-order valence-corrected chi connectivity index (χ4v) is 5.20. The molecule has 1 saturated heterocycles. The normalized spacial score (nSPS) is 15.0. The van der Waals surface area contributed by atoms with E-state index in [1.54, 1.807) is 24.1 Å². The Morgan fingerprint density at radius 2 is 1.91 bits per heavy atom. The van der Waals surface area contributed by atoms with Gasteiger partial charge in [0.05, 0.1) is 13.2 Å². The van der Waals surface area contributed by atoms with E-state index in [0.717, 1.165) is 16.7 Å². The van der Waals surface area contributed by atoms with Gasteiger partial charge in [-0.05, 0) is 36.8 Å². The maximum absolute atomic E-state index is 14.0.